The fraction of sp³-hybridized carbons (Fsp3) is 0.526. The minimum Gasteiger partial charge on any atom is -0.497 e. The second-order valence-corrected chi connectivity index (χ2v) is 5.93. The van der Waals surface area contributed by atoms with Gasteiger partial charge in [0, 0.05) is 19.6 Å². The summed E-state index contributed by atoms with van der Waals surface area (Å²) in [6, 6.07) is 5.93. The number of ketones is 1. The highest BCUT2D eigenvalue weighted by Gasteiger charge is 2.13. The molecule has 0 saturated carbocycles. The molecule has 1 atom stereocenters. The van der Waals surface area contributed by atoms with Gasteiger partial charge in [0.25, 0.3) is 0 Å². The highest BCUT2D eigenvalue weighted by Crippen LogP contribution is 2.29. The lowest BCUT2D eigenvalue weighted by Gasteiger charge is -2.18. The smallest absolute Gasteiger partial charge is 0.188 e. The summed E-state index contributed by atoms with van der Waals surface area (Å²) >= 11 is 0. The van der Waals surface area contributed by atoms with Gasteiger partial charge >= 0.3 is 0 Å². The Bertz CT molecular complexity index is 536. The molecule has 0 spiro atoms. The summed E-state index contributed by atoms with van der Waals surface area (Å²) in [6.07, 6.45) is 9.58. The molecular formula is C19H26O4. The molecule has 0 aliphatic heterocycles. The summed E-state index contributed by atoms with van der Waals surface area (Å²) in [6.45, 7) is 0.231. The van der Waals surface area contributed by atoms with Crippen LogP contribution >= 0.6 is 0 Å². The summed E-state index contributed by atoms with van der Waals surface area (Å²) in [5.41, 5.74) is 1.17. The molecule has 0 amide bonds. The Balaban J connectivity index is 1.98. The van der Waals surface area contributed by atoms with Crippen LogP contribution in [-0.4, -0.2) is 26.8 Å². The zero-order valence-corrected chi connectivity index (χ0v) is 14.0. The van der Waals surface area contributed by atoms with Crippen molar-refractivity contribution in [1.29, 1.82) is 0 Å². The zero-order valence-electron chi connectivity index (χ0n) is 14.0. The van der Waals surface area contributed by atoms with Gasteiger partial charge in [-0.2, -0.15) is 0 Å². The first kappa shape index (κ1) is 17.5. The maximum absolute atomic E-state index is 11.4. The van der Waals surface area contributed by atoms with Crippen LogP contribution in [0.3, 0.4) is 0 Å². The average molecular weight is 318 g/mol. The molecule has 1 unspecified atom stereocenters. The molecule has 1 aliphatic rings. The normalized spacial score (nSPS) is 19.7. The standard InChI is InChI=1S/C19H26O4/c1-21-14-23-19-13-18(22-2)12-11-16(19)10-9-15-5-3-7-17(20)8-4-6-15/h3,7,11-13,15H,4-6,8-10,14H2,1-2H3/b7-3-. The van der Waals surface area contributed by atoms with E-state index in [0.29, 0.717) is 12.3 Å². The van der Waals surface area contributed by atoms with Gasteiger partial charge in [0.1, 0.15) is 11.5 Å². The molecule has 126 valence electrons. The number of carbonyl (C=O) groups excluding carboxylic acids is 1. The fourth-order valence-electron chi connectivity index (χ4n) is 2.91. The topological polar surface area (TPSA) is 44.8 Å². The Morgan fingerprint density at radius 3 is 2.91 bits per heavy atom. The Hall–Kier alpha value is -1.81. The molecule has 0 N–H and O–H groups in total. The van der Waals surface area contributed by atoms with E-state index < -0.39 is 0 Å². The number of hydrogen-bond acceptors (Lipinski definition) is 4. The van der Waals surface area contributed by atoms with E-state index in [4.69, 9.17) is 14.2 Å². The average Bonchev–Trinajstić information content (AvgIpc) is 2.55. The van der Waals surface area contributed by atoms with Crippen LogP contribution in [-0.2, 0) is 16.0 Å². The first-order chi connectivity index (χ1) is 11.2. The molecule has 2 rings (SSSR count). The summed E-state index contributed by atoms with van der Waals surface area (Å²) in [7, 11) is 3.26. The number of ether oxygens (including phenoxy) is 3. The van der Waals surface area contributed by atoms with Crippen molar-refractivity contribution in [3.63, 3.8) is 0 Å². The van der Waals surface area contributed by atoms with Crippen LogP contribution in [0.4, 0.5) is 0 Å². The van der Waals surface area contributed by atoms with E-state index in [1.807, 2.05) is 18.2 Å². The molecule has 0 radical (unpaired) electrons. The number of hydrogen-bond donors (Lipinski definition) is 0. The second kappa shape index (κ2) is 9.36. The van der Waals surface area contributed by atoms with E-state index >= 15 is 0 Å². The highest BCUT2D eigenvalue weighted by atomic mass is 16.7. The van der Waals surface area contributed by atoms with Gasteiger partial charge < -0.3 is 14.2 Å². The third kappa shape index (κ3) is 5.71. The molecule has 0 bridgehead atoms. The van der Waals surface area contributed by atoms with E-state index in [2.05, 4.69) is 6.07 Å². The van der Waals surface area contributed by atoms with E-state index in [9.17, 15) is 4.79 Å². The summed E-state index contributed by atoms with van der Waals surface area (Å²) in [5.74, 6) is 2.49. The van der Waals surface area contributed by atoms with Crippen LogP contribution in [0.1, 0.15) is 37.7 Å². The predicted molar refractivity (Wildman–Crippen MR) is 89.9 cm³/mol. The quantitative estimate of drug-likeness (QED) is 0.715. The van der Waals surface area contributed by atoms with Gasteiger partial charge in [-0.05, 0) is 55.7 Å². The maximum Gasteiger partial charge on any atom is 0.188 e. The molecule has 0 aromatic heterocycles. The number of aryl methyl sites for hydroxylation is 1. The van der Waals surface area contributed by atoms with Gasteiger partial charge in [-0.15, -0.1) is 0 Å². The first-order valence-corrected chi connectivity index (χ1v) is 8.21. The number of rotatable bonds is 7. The van der Waals surface area contributed by atoms with Gasteiger partial charge in [-0.1, -0.05) is 12.1 Å². The van der Waals surface area contributed by atoms with E-state index in [1.165, 1.54) is 5.56 Å². The highest BCUT2D eigenvalue weighted by molar-refractivity contribution is 5.89. The summed E-state index contributed by atoms with van der Waals surface area (Å²) < 4.78 is 15.9. The van der Waals surface area contributed by atoms with Crippen molar-refractivity contribution >= 4 is 5.78 Å². The molecular weight excluding hydrogens is 292 g/mol. The van der Waals surface area contributed by atoms with Crippen LogP contribution in [0, 0.1) is 5.92 Å². The van der Waals surface area contributed by atoms with Crippen molar-refractivity contribution in [2.75, 3.05) is 21.0 Å². The molecule has 4 nitrogen and oxygen atoms in total. The number of allylic oxidation sites excluding steroid dienone is 2. The second-order valence-electron chi connectivity index (χ2n) is 5.93. The van der Waals surface area contributed by atoms with Crippen molar-refractivity contribution in [1.82, 2.24) is 0 Å². The predicted octanol–water partition coefficient (Wildman–Crippen LogP) is 3.93. The van der Waals surface area contributed by atoms with Crippen LogP contribution < -0.4 is 9.47 Å². The third-order valence-electron chi connectivity index (χ3n) is 4.24. The van der Waals surface area contributed by atoms with Crippen molar-refractivity contribution in [3.05, 3.63) is 35.9 Å². The molecule has 1 aromatic carbocycles. The number of carbonyl (C=O) groups is 1. The van der Waals surface area contributed by atoms with Crippen molar-refractivity contribution in [2.24, 2.45) is 5.92 Å². The Kier molecular flexibility index (Phi) is 7.14. The van der Waals surface area contributed by atoms with Crippen molar-refractivity contribution < 1.29 is 19.0 Å². The number of methoxy groups -OCH3 is 2. The molecule has 0 heterocycles. The van der Waals surface area contributed by atoms with Crippen LogP contribution in [0.25, 0.3) is 0 Å². The van der Waals surface area contributed by atoms with Crippen LogP contribution in [0.2, 0.25) is 0 Å². The summed E-state index contributed by atoms with van der Waals surface area (Å²) in [4.78, 5) is 11.4. The maximum atomic E-state index is 11.4. The number of benzene rings is 1. The molecule has 0 fully saturated rings. The minimum absolute atomic E-state index is 0.231. The summed E-state index contributed by atoms with van der Waals surface area (Å²) in [5, 5.41) is 0. The Morgan fingerprint density at radius 1 is 1.26 bits per heavy atom. The SMILES string of the molecule is COCOc1cc(OC)ccc1CCC1C/C=C\C(=O)CCC1. The Labute approximate surface area is 138 Å². The molecule has 1 aromatic rings. The minimum atomic E-state index is 0.231. The van der Waals surface area contributed by atoms with Crippen molar-refractivity contribution in [3.8, 4) is 11.5 Å². The third-order valence-corrected chi connectivity index (χ3v) is 4.24. The molecule has 23 heavy (non-hydrogen) atoms. The van der Waals surface area contributed by atoms with E-state index in [0.717, 1.165) is 43.6 Å². The van der Waals surface area contributed by atoms with Gasteiger partial charge in [-0.25, -0.2) is 0 Å². The zero-order chi connectivity index (χ0) is 16.5. The van der Waals surface area contributed by atoms with E-state index in [-0.39, 0.29) is 12.6 Å². The molecule has 1 aliphatic carbocycles. The largest absolute Gasteiger partial charge is 0.497 e. The lowest BCUT2D eigenvalue weighted by molar-refractivity contribution is -0.114. The van der Waals surface area contributed by atoms with Crippen LogP contribution in [0.5, 0.6) is 11.5 Å². The Morgan fingerprint density at radius 2 is 2.13 bits per heavy atom. The lowest BCUT2D eigenvalue weighted by Crippen LogP contribution is -2.07. The molecule has 4 heteroatoms. The van der Waals surface area contributed by atoms with E-state index in [1.54, 1.807) is 20.3 Å². The van der Waals surface area contributed by atoms with Gasteiger partial charge in [0.15, 0.2) is 12.6 Å². The fourth-order valence-corrected chi connectivity index (χ4v) is 2.91. The van der Waals surface area contributed by atoms with Gasteiger partial charge in [0.05, 0.1) is 7.11 Å². The van der Waals surface area contributed by atoms with Gasteiger partial charge in [0.2, 0.25) is 0 Å². The monoisotopic (exact) mass is 318 g/mol. The first-order valence-electron chi connectivity index (χ1n) is 8.21. The molecule has 0 saturated heterocycles. The van der Waals surface area contributed by atoms with Crippen LogP contribution in [0.15, 0.2) is 30.4 Å². The lowest BCUT2D eigenvalue weighted by atomic mass is 9.89. The van der Waals surface area contributed by atoms with Crippen molar-refractivity contribution in [2.45, 2.75) is 38.5 Å². The van der Waals surface area contributed by atoms with Gasteiger partial charge in [-0.3, -0.25) is 4.79 Å².